The molecule has 1 aliphatic heterocycles. The predicted molar refractivity (Wildman–Crippen MR) is 95.5 cm³/mol. The van der Waals surface area contributed by atoms with Crippen molar-refractivity contribution in [3.05, 3.63) is 48.9 Å². The number of anilines is 3. The molecule has 4 rings (SSSR count). The molecule has 25 heavy (non-hydrogen) atoms. The molecule has 1 saturated heterocycles. The molecule has 0 saturated carbocycles. The minimum Gasteiger partial charge on any atom is -0.349 e. The van der Waals surface area contributed by atoms with E-state index in [0.717, 1.165) is 30.8 Å². The first-order chi connectivity index (χ1) is 12.4. The molecule has 2 aromatic heterocycles. The standard InChI is InChI=1S/C17H18N8/c1-3-12(16-19-6-2-7-20-16)9-13(4-1)22-15-11-21-25-17(24-15)23-14-5-8-18-10-14/h1-4,6-7,9,11,14,18H,5,8,10H2,(H2,22,23,24,25)/t14-/m1/s1. The summed E-state index contributed by atoms with van der Waals surface area (Å²) in [6.07, 6.45) is 6.11. The monoisotopic (exact) mass is 334 g/mol. The van der Waals surface area contributed by atoms with Crippen molar-refractivity contribution in [2.45, 2.75) is 12.5 Å². The number of hydrogen-bond donors (Lipinski definition) is 3. The molecule has 1 aromatic carbocycles. The molecule has 3 aromatic rings. The summed E-state index contributed by atoms with van der Waals surface area (Å²) in [4.78, 5) is 13.0. The van der Waals surface area contributed by atoms with Gasteiger partial charge in [0.15, 0.2) is 11.6 Å². The normalized spacial score (nSPS) is 16.6. The highest BCUT2D eigenvalue weighted by Crippen LogP contribution is 2.21. The molecule has 1 fully saturated rings. The van der Waals surface area contributed by atoms with Crippen molar-refractivity contribution >= 4 is 17.5 Å². The number of hydrogen-bond acceptors (Lipinski definition) is 8. The zero-order chi connectivity index (χ0) is 16.9. The molecular formula is C17H18N8. The van der Waals surface area contributed by atoms with Crippen LogP contribution in [0.2, 0.25) is 0 Å². The fourth-order valence-electron chi connectivity index (χ4n) is 2.72. The average Bonchev–Trinajstić information content (AvgIpc) is 3.16. The van der Waals surface area contributed by atoms with Crippen molar-refractivity contribution in [2.75, 3.05) is 23.7 Å². The summed E-state index contributed by atoms with van der Waals surface area (Å²) in [5.74, 6) is 1.85. The van der Waals surface area contributed by atoms with E-state index >= 15 is 0 Å². The number of aromatic nitrogens is 5. The van der Waals surface area contributed by atoms with E-state index in [9.17, 15) is 0 Å². The summed E-state index contributed by atoms with van der Waals surface area (Å²) in [5.41, 5.74) is 1.82. The van der Waals surface area contributed by atoms with Crippen LogP contribution >= 0.6 is 0 Å². The molecule has 0 bridgehead atoms. The molecule has 3 N–H and O–H groups in total. The van der Waals surface area contributed by atoms with Gasteiger partial charge in [-0.05, 0) is 31.2 Å². The van der Waals surface area contributed by atoms with Crippen molar-refractivity contribution in [3.8, 4) is 11.4 Å². The van der Waals surface area contributed by atoms with Gasteiger partial charge >= 0.3 is 0 Å². The van der Waals surface area contributed by atoms with E-state index < -0.39 is 0 Å². The van der Waals surface area contributed by atoms with Gasteiger partial charge in [0.1, 0.15) is 0 Å². The lowest BCUT2D eigenvalue weighted by Crippen LogP contribution is -2.23. The van der Waals surface area contributed by atoms with E-state index in [2.05, 4.69) is 41.1 Å². The molecule has 0 unspecified atom stereocenters. The van der Waals surface area contributed by atoms with Crippen LogP contribution in [-0.2, 0) is 0 Å². The van der Waals surface area contributed by atoms with Crippen molar-refractivity contribution in [3.63, 3.8) is 0 Å². The summed E-state index contributed by atoms with van der Waals surface area (Å²) >= 11 is 0. The number of rotatable bonds is 5. The van der Waals surface area contributed by atoms with Gasteiger partial charge in [-0.1, -0.05) is 12.1 Å². The van der Waals surface area contributed by atoms with E-state index in [1.165, 1.54) is 0 Å². The second kappa shape index (κ2) is 7.18. The summed E-state index contributed by atoms with van der Waals surface area (Å²) in [5, 5.41) is 17.9. The molecule has 3 heterocycles. The fraction of sp³-hybridized carbons (Fsp3) is 0.235. The second-order valence-corrected chi connectivity index (χ2v) is 5.78. The smallest absolute Gasteiger partial charge is 0.244 e. The Morgan fingerprint density at radius 2 is 2.04 bits per heavy atom. The van der Waals surface area contributed by atoms with E-state index in [4.69, 9.17) is 0 Å². The number of nitrogens with one attached hydrogen (secondary N) is 3. The highest BCUT2D eigenvalue weighted by atomic mass is 15.3. The Kier molecular flexibility index (Phi) is 4.42. The zero-order valence-corrected chi connectivity index (χ0v) is 13.6. The molecular weight excluding hydrogens is 316 g/mol. The van der Waals surface area contributed by atoms with Crippen molar-refractivity contribution in [1.29, 1.82) is 0 Å². The van der Waals surface area contributed by atoms with E-state index in [1.54, 1.807) is 24.7 Å². The van der Waals surface area contributed by atoms with Crippen LogP contribution in [0.15, 0.2) is 48.9 Å². The summed E-state index contributed by atoms with van der Waals surface area (Å²) in [6, 6.07) is 10.0. The van der Waals surface area contributed by atoms with Gasteiger partial charge in [0, 0.05) is 36.2 Å². The van der Waals surface area contributed by atoms with E-state index in [1.807, 2.05) is 24.3 Å². The van der Waals surface area contributed by atoms with Crippen LogP contribution in [0.5, 0.6) is 0 Å². The van der Waals surface area contributed by atoms with Crippen molar-refractivity contribution in [2.24, 2.45) is 0 Å². The highest BCUT2D eigenvalue weighted by molar-refractivity contribution is 5.65. The van der Waals surface area contributed by atoms with Gasteiger partial charge in [0.2, 0.25) is 5.95 Å². The lowest BCUT2D eigenvalue weighted by atomic mass is 10.2. The topological polar surface area (TPSA) is 101 Å². The summed E-state index contributed by atoms with van der Waals surface area (Å²) in [6.45, 7) is 1.93. The molecule has 0 spiro atoms. The van der Waals surface area contributed by atoms with Crippen molar-refractivity contribution < 1.29 is 0 Å². The molecule has 8 nitrogen and oxygen atoms in total. The van der Waals surface area contributed by atoms with Crippen molar-refractivity contribution in [1.82, 2.24) is 30.5 Å². The average molecular weight is 334 g/mol. The van der Waals surface area contributed by atoms with Crippen LogP contribution < -0.4 is 16.0 Å². The van der Waals surface area contributed by atoms with Gasteiger partial charge < -0.3 is 16.0 Å². The van der Waals surface area contributed by atoms with Gasteiger partial charge in [0.05, 0.1) is 6.20 Å². The van der Waals surface area contributed by atoms with Crippen LogP contribution in [0.25, 0.3) is 11.4 Å². The lowest BCUT2D eigenvalue weighted by molar-refractivity contribution is 0.772. The van der Waals surface area contributed by atoms with Crippen LogP contribution in [0.1, 0.15) is 6.42 Å². The lowest BCUT2D eigenvalue weighted by Gasteiger charge is -2.12. The van der Waals surface area contributed by atoms with Crippen LogP contribution in [0, 0.1) is 0 Å². The van der Waals surface area contributed by atoms with E-state index in [0.29, 0.717) is 23.6 Å². The Balaban J connectivity index is 1.50. The third-order valence-corrected chi connectivity index (χ3v) is 3.91. The maximum Gasteiger partial charge on any atom is 0.244 e. The third-order valence-electron chi connectivity index (χ3n) is 3.91. The largest absolute Gasteiger partial charge is 0.349 e. The Bertz CT molecular complexity index is 833. The van der Waals surface area contributed by atoms with Gasteiger partial charge in [-0.25, -0.2) is 9.97 Å². The van der Waals surface area contributed by atoms with Gasteiger partial charge in [-0.15, -0.1) is 5.10 Å². The fourth-order valence-corrected chi connectivity index (χ4v) is 2.72. The van der Waals surface area contributed by atoms with Crippen LogP contribution in [0.4, 0.5) is 17.5 Å². The third kappa shape index (κ3) is 3.86. The Morgan fingerprint density at radius 1 is 1.12 bits per heavy atom. The number of nitrogens with zero attached hydrogens (tertiary/aromatic N) is 5. The maximum atomic E-state index is 4.48. The van der Waals surface area contributed by atoms with Gasteiger partial charge in [0.25, 0.3) is 0 Å². The molecule has 1 aliphatic rings. The predicted octanol–water partition coefficient (Wildman–Crippen LogP) is 1.85. The first-order valence-electron chi connectivity index (χ1n) is 8.18. The van der Waals surface area contributed by atoms with Gasteiger partial charge in [-0.3, -0.25) is 0 Å². The maximum absolute atomic E-state index is 4.48. The Morgan fingerprint density at radius 3 is 2.88 bits per heavy atom. The van der Waals surface area contributed by atoms with Crippen LogP contribution in [-0.4, -0.2) is 44.3 Å². The molecule has 126 valence electrons. The summed E-state index contributed by atoms with van der Waals surface area (Å²) < 4.78 is 0. The SMILES string of the molecule is c1cnc(-c2cccc(Nc3cnnc(N[C@@H]4CCNC4)n3)c2)nc1. The minimum atomic E-state index is 0.343. The molecule has 8 heteroatoms. The zero-order valence-electron chi connectivity index (χ0n) is 13.6. The van der Waals surface area contributed by atoms with E-state index in [-0.39, 0.29) is 0 Å². The van der Waals surface area contributed by atoms with Gasteiger partial charge in [-0.2, -0.15) is 10.1 Å². The molecule has 0 amide bonds. The molecule has 0 aliphatic carbocycles. The van der Waals surface area contributed by atoms with Crippen LogP contribution in [0.3, 0.4) is 0 Å². The first-order valence-corrected chi connectivity index (χ1v) is 8.18. The second-order valence-electron chi connectivity index (χ2n) is 5.78. The molecule has 0 radical (unpaired) electrons. The Labute approximate surface area is 145 Å². The number of benzene rings is 1. The minimum absolute atomic E-state index is 0.343. The Hall–Kier alpha value is -3.13. The highest BCUT2D eigenvalue weighted by Gasteiger charge is 2.15. The quantitative estimate of drug-likeness (QED) is 0.650. The first kappa shape index (κ1) is 15.4. The summed E-state index contributed by atoms with van der Waals surface area (Å²) in [7, 11) is 0. The molecule has 1 atom stereocenters.